The van der Waals surface area contributed by atoms with Crippen LogP contribution in [-0.4, -0.2) is 74.9 Å². The molecule has 9 nitrogen and oxygen atoms in total. The lowest BCUT2D eigenvalue weighted by Crippen LogP contribution is -2.37. The highest BCUT2D eigenvalue weighted by molar-refractivity contribution is 7.47. The maximum absolute atomic E-state index is 12.9. The fourth-order valence-corrected chi connectivity index (χ4v) is 13.5. The first-order chi connectivity index (χ1) is 49.5. The molecule has 0 aliphatic heterocycles. The molecule has 0 saturated carbocycles. The van der Waals surface area contributed by atoms with Crippen molar-refractivity contribution in [1.82, 2.24) is 0 Å². The number of carbonyl (C=O) groups is 2. The first-order valence-electron chi connectivity index (χ1n) is 43.5. The van der Waals surface area contributed by atoms with Crippen LogP contribution in [0.2, 0.25) is 0 Å². The summed E-state index contributed by atoms with van der Waals surface area (Å²) >= 11 is 0. The van der Waals surface area contributed by atoms with Gasteiger partial charge in [0.15, 0.2) is 6.10 Å². The molecule has 0 aliphatic carbocycles. The van der Waals surface area contributed by atoms with E-state index in [1.165, 1.54) is 295 Å². The summed E-state index contributed by atoms with van der Waals surface area (Å²) < 4.78 is 34.9. The van der Waals surface area contributed by atoms with E-state index in [4.69, 9.17) is 18.5 Å². The second-order valence-electron chi connectivity index (χ2n) is 30.6. The average molecular weight is 1430 g/mol. The fourth-order valence-electron chi connectivity index (χ4n) is 12.8. The Hall–Kier alpha value is -3.07. The van der Waals surface area contributed by atoms with Crippen LogP contribution in [0.4, 0.5) is 0 Å². The largest absolute Gasteiger partial charge is 0.472 e. The number of phosphoric ester groups is 1. The van der Waals surface area contributed by atoms with Crippen LogP contribution in [0.5, 0.6) is 0 Å². The van der Waals surface area contributed by atoms with Gasteiger partial charge in [0.05, 0.1) is 27.7 Å². The molecule has 0 saturated heterocycles. The van der Waals surface area contributed by atoms with Gasteiger partial charge in [-0.15, -0.1) is 0 Å². The van der Waals surface area contributed by atoms with Crippen molar-refractivity contribution in [3.05, 3.63) is 97.2 Å². The molecular formula is C91H167NO8P+. The van der Waals surface area contributed by atoms with Crippen LogP contribution in [0.3, 0.4) is 0 Å². The summed E-state index contributed by atoms with van der Waals surface area (Å²) in [6.07, 6.45) is 114. The smallest absolute Gasteiger partial charge is 0.462 e. The predicted octanol–water partition coefficient (Wildman–Crippen LogP) is 29.3. The molecule has 0 amide bonds. The van der Waals surface area contributed by atoms with E-state index < -0.39 is 26.5 Å². The normalized spacial score (nSPS) is 13.4. The minimum absolute atomic E-state index is 0.0301. The fraction of sp³-hybridized carbons (Fsp3) is 0.802. The minimum atomic E-state index is -4.40. The molecule has 0 aliphatic rings. The molecule has 10 heteroatoms. The number of phosphoric acid groups is 1. The van der Waals surface area contributed by atoms with Crippen LogP contribution in [0.25, 0.3) is 0 Å². The topological polar surface area (TPSA) is 108 Å². The Balaban J connectivity index is 3.91. The molecule has 0 bridgehead atoms. The van der Waals surface area contributed by atoms with Crippen LogP contribution in [-0.2, 0) is 32.7 Å². The van der Waals surface area contributed by atoms with Gasteiger partial charge >= 0.3 is 19.8 Å². The number of quaternary nitrogens is 1. The van der Waals surface area contributed by atoms with Crippen LogP contribution >= 0.6 is 7.82 Å². The van der Waals surface area contributed by atoms with Crippen molar-refractivity contribution in [2.45, 2.75) is 424 Å². The molecule has 0 aromatic rings. The summed E-state index contributed by atoms with van der Waals surface area (Å²) in [4.78, 5) is 36.0. The number of ether oxygens (including phenoxy) is 2. The van der Waals surface area contributed by atoms with Gasteiger partial charge in [0.1, 0.15) is 19.8 Å². The zero-order valence-corrected chi connectivity index (χ0v) is 68.3. The molecule has 0 fully saturated rings. The maximum atomic E-state index is 12.9. The molecule has 0 spiro atoms. The van der Waals surface area contributed by atoms with Gasteiger partial charge < -0.3 is 18.9 Å². The van der Waals surface area contributed by atoms with Crippen molar-refractivity contribution in [2.75, 3.05) is 47.5 Å². The number of allylic oxidation sites excluding steroid dienone is 16. The molecule has 0 aromatic carbocycles. The zero-order valence-electron chi connectivity index (χ0n) is 67.4. The van der Waals surface area contributed by atoms with Gasteiger partial charge in [-0.1, -0.05) is 426 Å². The lowest BCUT2D eigenvalue weighted by Gasteiger charge is -2.24. The third-order valence-corrected chi connectivity index (χ3v) is 20.4. The number of likely N-dealkylation sites (N-methyl/N-ethyl adjacent to an activating group) is 1. The SMILES string of the molecule is CC/C=C\C/C=C\C/C=C\C/C=C\C/C=C\C/C=C\C/C=C\C/C=C\CCCCCCCCCCCCCCC(=O)OC(COC(=O)CCCCCCCCCCCCCCCCCCCCCCCCCCCCCCCCCCCCCCCCCC)COP(=O)(O)OCC[N+](C)(C)C. The van der Waals surface area contributed by atoms with Crippen LogP contribution in [0.1, 0.15) is 418 Å². The Labute approximate surface area is 627 Å². The van der Waals surface area contributed by atoms with Gasteiger partial charge in [-0.3, -0.25) is 18.6 Å². The number of nitrogens with zero attached hydrogens (tertiary/aromatic N) is 1. The Kier molecular flexibility index (Phi) is 78.6. The van der Waals surface area contributed by atoms with Crippen molar-refractivity contribution in [3.8, 4) is 0 Å². The third kappa shape index (κ3) is 85.7. The van der Waals surface area contributed by atoms with Crippen molar-refractivity contribution in [1.29, 1.82) is 0 Å². The molecule has 588 valence electrons. The Morgan fingerprint density at radius 1 is 0.317 bits per heavy atom. The highest BCUT2D eigenvalue weighted by Crippen LogP contribution is 2.43. The van der Waals surface area contributed by atoms with Crippen LogP contribution in [0, 0.1) is 0 Å². The Morgan fingerprint density at radius 3 is 0.842 bits per heavy atom. The number of hydrogen-bond acceptors (Lipinski definition) is 7. The molecule has 101 heavy (non-hydrogen) atoms. The second kappa shape index (κ2) is 81.0. The van der Waals surface area contributed by atoms with Gasteiger partial charge in [-0.2, -0.15) is 0 Å². The quantitative estimate of drug-likeness (QED) is 0.0211. The van der Waals surface area contributed by atoms with Gasteiger partial charge in [-0.25, -0.2) is 4.57 Å². The summed E-state index contributed by atoms with van der Waals surface area (Å²) in [5, 5.41) is 0. The summed E-state index contributed by atoms with van der Waals surface area (Å²) in [5.41, 5.74) is 0. The summed E-state index contributed by atoms with van der Waals surface area (Å²) in [5.74, 6) is -0.784. The van der Waals surface area contributed by atoms with E-state index in [1.807, 2.05) is 21.1 Å². The highest BCUT2D eigenvalue weighted by Gasteiger charge is 2.27. The van der Waals surface area contributed by atoms with E-state index in [0.29, 0.717) is 23.9 Å². The number of rotatable bonds is 81. The average Bonchev–Trinajstić information content (AvgIpc) is 0.958. The predicted molar refractivity (Wildman–Crippen MR) is 441 cm³/mol. The van der Waals surface area contributed by atoms with Crippen LogP contribution in [0.15, 0.2) is 97.2 Å². The van der Waals surface area contributed by atoms with E-state index in [-0.39, 0.29) is 25.6 Å². The molecule has 0 rings (SSSR count). The van der Waals surface area contributed by atoms with E-state index in [1.54, 1.807) is 0 Å². The van der Waals surface area contributed by atoms with Crippen molar-refractivity contribution >= 4 is 19.8 Å². The molecule has 0 radical (unpaired) electrons. The van der Waals surface area contributed by atoms with E-state index in [0.717, 1.165) is 89.9 Å². The van der Waals surface area contributed by atoms with Gasteiger partial charge in [0.2, 0.25) is 0 Å². The second-order valence-corrected chi connectivity index (χ2v) is 32.0. The van der Waals surface area contributed by atoms with Crippen molar-refractivity contribution < 1.29 is 42.1 Å². The van der Waals surface area contributed by atoms with Crippen molar-refractivity contribution in [3.63, 3.8) is 0 Å². The van der Waals surface area contributed by atoms with Crippen LogP contribution < -0.4 is 0 Å². The Morgan fingerprint density at radius 2 is 0.564 bits per heavy atom. The first kappa shape index (κ1) is 97.9. The summed E-state index contributed by atoms with van der Waals surface area (Å²) in [6.45, 7) is 4.38. The lowest BCUT2D eigenvalue weighted by atomic mass is 10.0. The van der Waals surface area contributed by atoms with E-state index in [2.05, 4.69) is 111 Å². The molecule has 2 unspecified atom stereocenters. The van der Waals surface area contributed by atoms with Gasteiger partial charge in [0.25, 0.3) is 0 Å². The highest BCUT2D eigenvalue weighted by atomic mass is 31.2. The van der Waals surface area contributed by atoms with E-state index in [9.17, 15) is 19.0 Å². The summed E-state index contributed by atoms with van der Waals surface area (Å²) in [7, 11) is 1.49. The lowest BCUT2D eigenvalue weighted by molar-refractivity contribution is -0.870. The number of unbranched alkanes of at least 4 members (excludes halogenated alkanes) is 51. The minimum Gasteiger partial charge on any atom is -0.462 e. The molecule has 0 aromatic heterocycles. The van der Waals surface area contributed by atoms with Gasteiger partial charge in [-0.05, 0) is 77.0 Å². The monoisotopic (exact) mass is 1430 g/mol. The molecule has 0 heterocycles. The van der Waals surface area contributed by atoms with E-state index >= 15 is 0 Å². The first-order valence-corrected chi connectivity index (χ1v) is 45.0. The summed E-state index contributed by atoms with van der Waals surface area (Å²) in [6, 6.07) is 0. The van der Waals surface area contributed by atoms with Crippen molar-refractivity contribution in [2.24, 2.45) is 0 Å². The standard InChI is InChI=1S/C91H166NO8P/c1-6-8-10-12-14-16-18-20-22-24-26-28-30-32-34-36-38-40-42-44-45-46-48-49-51-53-55-57-59-61-63-65-67-69-71-73-75-77-79-81-83-90(93)97-87-89(88-99-101(95,96)98-86-85-92(3,4)5)100-91(94)84-82-80-78-76-74-72-70-68-66-64-62-60-58-56-54-52-50-47-43-41-39-37-35-33-31-29-27-25-23-21-19-17-15-13-11-9-7-2/h9,11,15,17,21,23,27,29,33,35,39,41,47,50,54,56,89H,6-8,10,12-14,16,18-20,22,24-26,28,30-32,34,36-38,40,42-46,48-49,51-53,55,57-88H2,1-5H3/p+1/b11-9-,17-15-,23-21-,29-27-,35-33-,41-39-,50-47-,56-54-. The number of esters is 2. The molecule has 1 N–H and O–H groups in total. The third-order valence-electron chi connectivity index (χ3n) is 19.4. The number of carbonyl (C=O) groups excluding carboxylic acids is 2. The zero-order chi connectivity index (χ0) is 73.3. The van der Waals surface area contributed by atoms with Gasteiger partial charge in [0, 0.05) is 12.8 Å². The Bertz CT molecular complexity index is 2030. The maximum Gasteiger partial charge on any atom is 0.472 e. The molecular weight excluding hydrogens is 1270 g/mol. The number of hydrogen-bond donors (Lipinski definition) is 1. The molecule has 2 atom stereocenters.